The summed E-state index contributed by atoms with van der Waals surface area (Å²) in [6.45, 7) is 9.77. The standard InChI is InChI=1S/C12H22N2O4/c1-5-8-14(12(2,3)4)11(18)13-7-6-9(15)10(16)17/h5,9,15H,1,6-8H2,2-4H3,(H,13,18)(H,16,17)/t9-/m0/s1. The minimum absolute atomic E-state index is 0.0207. The molecule has 1 atom stereocenters. The molecule has 0 fully saturated rings. The lowest BCUT2D eigenvalue weighted by Crippen LogP contribution is -2.50. The van der Waals surface area contributed by atoms with Crippen LogP contribution in [0.5, 0.6) is 0 Å². The van der Waals surface area contributed by atoms with Crippen molar-refractivity contribution in [3.8, 4) is 0 Å². The first-order valence-electron chi connectivity index (χ1n) is 5.77. The molecular weight excluding hydrogens is 236 g/mol. The second-order valence-corrected chi connectivity index (χ2v) is 4.94. The van der Waals surface area contributed by atoms with Gasteiger partial charge in [0.1, 0.15) is 0 Å². The zero-order valence-corrected chi connectivity index (χ0v) is 11.1. The molecular formula is C12H22N2O4. The molecule has 0 spiro atoms. The van der Waals surface area contributed by atoms with Crippen LogP contribution in [0.2, 0.25) is 0 Å². The average molecular weight is 258 g/mol. The molecule has 18 heavy (non-hydrogen) atoms. The van der Waals surface area contributed by atoms with Crippen LogP contribution in [0.1, 0.15) is 27.2 Å². The van der Waals surface area contributed by atoms with Crippen LogP contribution in [0.3, 0.4) is 0 Å². The summed E-state index contributed by atoms with van der Waals surface area (Å²) in [5, 5.41) is 20.1. The maximum absolute atomic E-state index is 11.9. The third-order valence-corrected chi connectivity index (χ3v) is 2.35. The topological polar surface area (TPSA) is 89.9 Å². The SMILES string of the molecule is C=CCN(C(=O)NCC[C@H](O)C(=O)O)C(C)(C)C. The van der Waals surface area contributed by atoms with Crippen molar-refractivity contribution in [2.75, 3.05) is 13.1 Å². The Bertz CT molecular complexity index is 310. The third kappa shape index (κ3) is 5.67. The summed E-state index contributed by atoms with van der Waals surface area (Å²) in [6.07, 6.45) is 0.150. The highest BCUT2D eigenvalue weighted by Gasteiger charge is 2.25. The van der Waals surface area contributed by atoms with Crippen LogP contribution >= 0.6 is 0 Å². The Kier molecular flexibility index (Phi) is 6.40. The fraction of sp³-hybridized carbons (Fsp3) is 0.667. The number of hydrogen-bond donors (Lipinski definition) is 3. The monoisotopic (exact) mass is 258 g/mol. The zero-order valence-electron chi connectivity index (χ0n) is 11.1. The molecule has 104 valence electrons. The second kappa shape index (κ2) is 7.00. The van der Waals surface area contributed by atoms with Gasteiger partial charge in [0.15, 0.2) is 6.10 Å². The van der Waals surface area contributed by atoms with Crippen LogP contribution in [0.4, 0.5) is 4.79 Å². The number of aliphatic carboxylic acids is 1. The fourth-order valence-corrected chi connectivity index (χ4v) is 1.33. The molecule has 0 rings (SSSR count). The molecule has 0 radical (unpaired) electrons. The quantitative estimate of drug-likeness (QED) is 0.615. The van der Waals surface area contributed by atoms with Gasteiger partial charge in [0.2, 0.25) is 0 Å². The molecule has 0 aliphatic heterocycles. The van der Waals surface area contributed by atoms with E-state index >= 15 is 0 Å². The molecule has 0 aromatic heterocycles. The Hall–Kier alpha value is -1.56. The Morgan fingerprint density at radius 1 is 1.44 bits per heavy atom. The van der Waals surface area contributed by atoms with Gasteiger partial charge in [0, 0.05) is 25.0 Å². The predicted octanol–water partition coefficient (Wildman–Crippen LogP) is 0.818. The van der Waals surface area contributed by atoms with E-state index in [4.69, 9.17) is 10.2 Å². The van der Waals surface area contributed by atoms with Crippen LogP contribution in [0, 0.1) is 0 Å². The highest BCUT2D eigenvalue weighted by Crippen LogP contribution is 2.12. The van der Waals surface area contributed by atoms with E-state index in [1.807, 2.05) is 20.8 Å². The molecule has 0 heterocycles. The van der Waals surface area contributed by atoms with Gasteiger partial charge in [-0.1, -0.05) is 6.08 Å². The number of carboxylic acids is 1. The summed E-state index contributed by atoms with van der Waals surface area (Å²) in [7, 11) is 0. The molecule has 6 nitrogen and oxygen atoms in total. The van der Waals surface area contributed by atoms with Gasteiger partial charge in [-0.3, -0.25) is 0 Å². The van der Waals surface area contributed by atoms with Crippen molar-refractivity contribution in [2.45, 2.75) is 38.8 Å². The highest BCUT2D eigenvalue weighted by molar-refractivity contribution is 5.75. The van der Waals surface area contributed by atoms with Gasteiger partial charge >= 0.3 is 12.0 Å². The average Bonchev–Trinajstić information content (AvgIpc) is 2.23. The van der Waals surface area contributed by atoms with E-state index in [0.29, 0.717) is 6.54 Å². The number of nitrogens with one attached hydrogen (secondary N) is 1. The van der Waals surface area contributed by atoms with Crippen molar-refractivity contribution in [1.29, 1.82) is 0 Å². The molecule has 6 heteroatoms. The van der Waals surface area contributed by atoms with Crippen LogP contribution in [0.25, 0.3) is 0 Å². The minimum atomic E-state index is -1.45. The van der Waals surface area contributed by atoms with E-state index in [1.165, 1.54) is 0 Å². The molecule has 0 aliphatic carbocycles. The summed E-state index contributed by atoms with van der Waals surface area (Å²) < 4.78 is 0. The molecule has 0 saturated heterocycles. The largest absolute Gasteiger partial charge is 0.479 e. The summed E-state index contributed by atoms with van der Waals surface area (Å²) in [6, 6.07) is -0.306. The van der Waals surface area contributed by atoms with Gasteiger partial charge in [-0.05, 0) is 20.8 Å². The van der Waals surface area contributed by atoms with Gasteiger partial charge in [-0.15, -0.1) is 6.58 Å². The highest BCUT2D eigenvalue weighted by atomic mass is 16.4. The molecule has 3 N–H and O–H groups in total. The molecule has 0 aliphatic rings. The number of aliphatic hydroxyl groups is 1. The van der Waals surface area contributed by atoms with Crippen molar-refractivity contribution in [2.24, 2.45) is 0 Å². The van der Waals surface area contributed by atoms with Gasteiger partial charge in [0.25, 0.3) is 0 Å². The summed E-state index contributed by atoms with van der Waals surface area (Å²) in [4.78, 5) is 23.8. The first-order valence-corrected chi connectivity index (χ1v) is 5.77. The number of carboxylic acid groups (broad SMARTS) is 1. The summed E-state index contributed by atoms with van der Waals surface area (Å²) >= 11 is 0. The van der Waals surface area contributed by atoms with E-state index in [0.717, 1.165) is 0 Å². The molecule has 0 bridgehead atoms. The number of carbonyl (C=O) groups excluding carboxylic acids is 1. The number of hydrogen-bond acceptors (Lipinski definition) is 3. The summed E-state index contributed by atoms with van der Waals surface area (Å²) in [5.41, 5.74) is -0.357. The lowest BCUT2D eigenvalue weighted by molar-refractivity contribution is -0.146. The van der Waals surface area contributed by atoms with Crippen LogP contribution in [-0.2, 0) is 4.79 Å². The third-order valence-electron chi connectivity index (χ3n) is 2.35. The second-order valence-electron chi connectivity index (χ2n) is 4.94. The first kappa shape index (κ1) is 16.4. The lowest BCUT2D eigenvalue weighted by Gasteiger charge is -2.34. The van der Waals surface area contributed by atoms with Crippen LogP contribution < -0.4 is 5.32 Å². The van der Waals surface area contributed by atoms with Crippen molar-refractivity contribution in [3.05, 3.63) is 12.7 Å². The van der Waals surface area contributed by atoms with Crippen molar-refractivity contribution < 1.29 is 19.8 Å². The molecule has 2 amide bonds. The van der Waals surface area contributed by atoms with Gasteiger partial charge in [-0.25, -0.2) is 9.59 Å². The van der Waals surface area contributed by atoms with Gasteiger partial charge < -0.3 is 20.4 Å². The number of rotatable bonds is 6. The number of urea groups is 1. The Morgan fingerprint density at radius 2 is 2.00 bits per heavy atom. The lowest BCUT2D eigenvalue weighted by atomic mass is 10.1. The first-order chi connectivity index (χ1) is 8.20. The maximum Gasteiger partial charge on any atom is 0.332 e. The number of aliphatic hydroxyl groups excluding tert-OH is 1. The smallest absolute Gasteiger partial charge is 0.332 e. The van der Waals surface area contributed by atoms with Gasteiger partial charge in [0.05, 0.1) is 0 Å². The van der Waals surface area contributed by atoms with Crippen molar-refractivity contribution in [3.63, 3.8) is 0 Å². The van der Waals surface area contributed by atoms with E-state index < -0.39 is 12.1 Å². The minimum Gasteiger partial charge on any atom is -0.479 e. The van der Waals surface area contributed by atoms with Gasteiger partial charge in [-0.2, -0.15) is 0 Å². The summed E-state index contributed by atoms with van der Waals surface area (Å²) in [5.74, 6) is -1.29. The Morgan fingerprint density at radius 3 is 2.39 bits per heavy atom. The van der Waals surface area contributed by atoms with E-state index in [2.05, 4.69) is 11.9 Å². The van der Waals surface area contributed by atoms with Crippen LogP contribution in [-0.4, -0.2) is 51.8 Å². The van der Waals surface area contributed by atoms with E-state index in [1.54, 1.807) is 11.0 Å². The Balaban J connectivity index is 4.28. The number of carbonyl (C=O) groups is 2. The maximum atomic E-state index is 11.9. The normalized spacial score (nSPS) is 12.7. The molecule has 0 aromatic carbocycles. The zero-order chi connectivity index (χ0) is 14.3. The fourth-order valence-electron chi connectivity index (χ4n) is 1.33. The van der Waals surface area contributed by atoms with Crippen LogP contribution in [0.15, 0.2) is 12.7 Å². The van der Waals surface area contributed by atoms with Crippen molar-refractivity contribution >= 4 is 12.0 Å². The molecule has 0 unspecified atom stereocenters. The number of nitrogens with zero attached hydrogens (tertiary/aromatic N) is 1. The van der Waals surface area contributed by atoms with E-state index in [-0.39, 0.29) is 24.5 Å². The molecule has 0 aromatic rings. The Labute approximate surface area is 107 Å². The van der Waals surface area contributed by atoms with E-state index in [9.17, 15) is 9.59 Å². The predicted molar refractivity (Wildman–Crippen MR) is 68.3 cm³/mol. The number of amides is 2. The van der Waals surface area contributed by atoms with Crippen molar-refractivity contribution in [1.82, 2.24) is 10.2 Å². The molecule has 0 saturated carbocycles.